The predicted molar refractivity (Wildman–Crippen MR) is 96.2 cm³/mol. The zero-order valence-corrected chi connectivity index (χ0v) is 14.6. The van der Waals surface area contributed by atoms with Gasteiger partial charge in [0.25, 0.3) is 0 Å². The second-order valence-corrected chi connectivity index (χ2v) is 6.25. The Morgan fingerprint density at radius 3 is 2.69 bits per heavy atom. The van der Waals surface area contributed by atoms with Crippen LogP contribution in [0.5, 0.6) is 0 Å². The van der Waals surface area contributed by atoms with Crippen molar-refractivity contribution in [2.75, 3.05) is 19.0 Å². The van der Waals surface area contributed by atoms with Gasteiger partial charge in [-0.25, -0.2) is 9.18 Å². The molecule has 1 atom stereocenters. The lowest BCUT2D eigenvalue weighted by Gasteiger charge is -2.24. The Morgan fingerprint density at radius 2 is 1.92 bits per heavy atom. The van der Waals surface area contributed by atoms with Crippen LogP contribution in [-0.2, 0) is 16.1 Å². The average Bonchev–Trinajstić information content (AvgIpc) is 3.12. The minimum Gasteiger partial charge on any atom is -0.465 e. The van der Waals surface area contributed by atoms with Gasteiger partial charge in [0.1, 0.15) is 5.82 Å². The number of hydrogen-bond acceptors (Lipinski definition) is 4. The highest BCUT2D eigenvalue weighted by Gasteiger charge is 2.31. The molecule has 6 heteroatoms. The molecule has 0 aromatic heterocycles. The minimum atomic E-state index is -0.504. The Balaban J connectivity index is 1.73. The fraction of sp³-hybridized carbons (Fsp3) is 0.300. The second kappa shape index (κ2) is 8.10. The molecule has 1 fully saturated rings. The smallest absolute Gasteiger partial charge is 0.339 e. The maximum atomic E-state index is 13.9. The first-order valence-corrected chi connectivity index (χ1v) is 8.56. The molecule has 3 rings (SSSR count). The average molecular weight is 356 g/mol. The summed E-state index contributed by atoms with van der Waals surface area (Å²) >= 11 is 0. The molecular weight excluding hydrogens is 335 g/mol. The van der Waals surface area contributed by atoms with Crippen LogP contribution in [0.15, 0.2) is 48.5 Å². The number of hydrogen-bond donors (Lipinski definition) is 1. The number of nitrogens with zero attached hydrogens (tertiary/aromatic N) is 1. The van der Waals surface area contributed by atoms with Gasteiger partial charge in [0.05, 0.1) is 24.4 Å². The number of rotatable bonds is 5. The Labute approximate surface area is 151 Å². The number of para-hydroxylation sites is 1. The first-order chi connectivity index (χ1) is 12.6. The Hall–Kier alpha value is -2.73. The maximum Gasteiger partial charge on any atom is 0.339 e. The van der Waals surface area contributed by atoms with Crippen LogP contribution in [0.25, 0.3) is 0 Å². The number of ether oxygens (including phenoxy) is 1. The number of esters is 1. The maximum absolute atomic E-state index is 13.9. The molecule has 0 saturated carbocycles. The molecule has 0 aliphatic carbocycles. The first kappa shape index (κ1) is 18.1. The number of benzene rings is 2. The number of carbonyl (C=O) groups is 2. The van der Waals surface area contributed by atoms with Crippen molar-refractivity contribution in [1.29, 1.82) is 0 Å². The fourth-order valence-corrected chi connectivity index (χ4v) is 3.25. The normalized spacial score (nSPS) is 17.1. The molecule has 2 aromatic carbocycles. The number of halogens is 1. The van der Waals surface area contributed by atoms with Gasteiger partial charge in [0.15, 0.2) is 0 Å². The van der Waals surface area contributed by atoms with Crippen molar-refractivity contribution in [3.05, 3.63) is 65.5 Å². The first-order valence-electron chi connectivity index (χ1n) is 8.56. The molecule has 1 aliphatic rings. The van der Waals surface area contributed by atoms with E-state index in [0.29, 0.717) is 29.8 Å². The summed E-state index contributed by atoms with van der Waals surface area (Å²) in [5.74, 6) is -0.972. The molecule has 2 aromatic rings. The van der Waals surface area contributed by atoms with Crippen LogP contribution in [0.3, 0.4) is 0 Å². The predicted octanol–water partition coefficient (Wildman–Crippen LogP) is 3.22. The molecular formula is C20H21FN2O3. The van der Waals surface area contributed by atoms with Crippen LogP contribution < -0.4 is 5.32 Å². The summed E-state index contributed by atoms with van der Waals surface area (Å²) < 4.78 is 18.7. The molecule has 0 spiro atoms. The summed E-state index contributed by atoms with van der Waals surface area (Å²) in [5.41, 5.74) is 1.30. The topological polar surface area (TPSA) is 58.6 Å². The summed E-state index contributed by atoms with van der Waals surface area (Å²) in [5, 5.41) is 2.82. The number of amides is 1. The summed E-state index contributed by atoms with van der Waals surface area (Å²) in [6.45, 7) is 1.11. The van der Waals surface area contributed by atoms with Gasteiger partial charge in [0, 0.05) is 12.1 Å². The van der Waals surface area contributed by atoms with Gasteiger partial charge in [-0.3, -0.25) is 9.69 Å². The SMILES string of the molecule is COC(=O)c1ccccc1NC(=O)C1CCCN1Cc1ccccc1F. The van der Waals surface area contributed by atoms with Gasteiger partial charge in [-0.15, -0.1) is 0 Å². The monoisotopic (exact) mass is 356 g/mol. The molecule has 0 bridgehead atoms. The largest absolute Gasteiger partial charge is 0.465 e. The summed E-state index contributed by atoms with van der Waals surface area (Å²) in [4.78, 5) is 26.6. The van der Waals surface area contributed by atoms with Crippen molar-refractivity contribution in [1.82, 2.24) is 4.90 Å². The molecule has 1 amide bonds. The Kier molecular flexibility index (Phi) is 5.63. The molecule has 1 aliphatic heterocycles. The van der Waals surface area contributed by atoms with E-state index in [-0.39, 0.29) is 17.8 Å². The van der Waals surface area contributed by atoms with E-state index in [1.165, 1.54) is 13.2 Å². The van der Waals surface area contributed by atoms with E-state index in [4.69, 9.17) is 4.74 Å². The van der Waals surface area contributed by atoms with Crippen LogP contribution in [0, 0.1) is 5.82 Å². The van der Waals surface area contributed by atoms with Crippen molar-refractivity contribution < 1.29 is 18.7 Å². The zero-order valence-electron chi connectivity index (χ0n) is 14.6. The Morgan fingerprint density at radius 1 is 1.19 bits per heavy atom. The zero-order chi connectivity index (χ0) is 18.5. The van der Waals surface area contributed by atoms with Crippen LogP contribution in [0.4, 0.5) is 10.1 Å². The molecule has 5 nitrogen and oxygen atoms in total. The van der Waals surface area contributed by atoms with Crippen molar-refractivity contribution >= 4 is 17.6 Å². The van der Waals surface area contributed by atoms with Gasteiger partial charge < -0.3 is 10.1 Å². The van der Waals surface area contributed by atoms with Crippen LogP contribution in [-0.4, -0.2) is 36.5 Å². The third-order valence-electron chi connectivity index (χ3n) is 4.59. The van der Waals surface area contributed by atoms with Crippen molar-refractivity contribution in [2.45, 2.75) is 25.4 Å². The van der Waals surface area contributed by atoms with Gasteiger partial charge >= 0.3 is 5.97 Å². The third-order valence-corrected chi connectivity index (χ3v) is 4.59. The van der Waals surface area contributed by atoms with Crippen LogP contribution >= 0.6 is 0 Å². The highest BCUT2D eigenvalue weighted by atomic mass is 19.1. The molecule has 0 radical (unpaired) electrons. The molecule has 26 heavy (non-hydrogen) atoms. The van der Waals surface area contributed by atoms with Crippen molar-refractivity contribution in [2.24, 2.45) is 0 Å². The molecule has 136 valence electrons. The number of nitrogens with one attached hydrogen (secondary N) is 1. The van der Waals surface area contributed by atoms with E-state index in [1.807, 2.05) is 4.90 Å². The molecule has 1 saturated heterocycles. The van der Waals surface area contributed by atoms with Crippen LogP contribution in [0.2, 0.25) is 0 Å². The van der Waals surface area contributed by atoms with Crippen LogP contribution in [0.1, 0.15) is 28.8 Å². The molecule has 1 heterocycles. The quantitative estimate of drug-likeness (QED) is 0.836. The van der Waals surface area contributed by atoms with E-state index in [9.17, 15) is 14.0 Å². The van der Waals surface area contributed by atoms with Gasteiger partial charge in [-0.2, -0.15) is 0 Å². The lowest BCUT2D eigenvalue weighted by atomic mass is 10.1. The highest BCUT2D eigenvalue weighted by molar-refractivity contribution is 6.02. The van der Waals surface area contributed by atoms with Gasteiger partial charge in [0.2, 0.25) is 5.91 Å². The number of anilines is 1. The highest BCUT2D eigenvalue weighted by Crippen LogP contribution is 2.24. The second-order valence-electron chi connectivity index (χ2n) is 6.25. The number of carbonyl (C=O) groups excluding carboxylic acids is 2. The molecule has 1 unspecified atom stereocenters. The summed E-state index contributed by atoms with van der Waals surface area (Å²) in [6, 6.07) is 13.0. The van der Waals surface area contributed by atoms with E-state index in [1.54, 1.807) is 42.5 Å². The summed E-state index contributed by atoms with van der Waals surface area (Å²) in [7, 11) is 1.30. The number of methoxy groups -OCH3 is 1. The van der Waals surface area contributed by atoms with E-state index < -0.39 is 5.97 Å². The van der Waals surface area contributed by atoms with Crippen molar-refractivity contribution in [3.63, 3.8) is 0 Å². The summed E-state index contributed by atoms with van der Waals surface area (Å²) in [6.07, 6.45) is 1.56. The molecule has 1 N–H and O–H groups in total. The standard InChI is InChI=1S/C20H21FN2O3/c1-26-20(25)15-8-3-5-10-17(15)22-19(24)18-11-6-12-23(18)13-14-7-2-4-9-16(14)21/h2-5,7-10,18H,6,11-13H2,1H3,(H,22,24). The third kappa shape index (κ3) is 3.91. The van der Waals surface area contributed by atoms with E-state index in [2.05, 4.69) is 5.32 Å². The lowest BCUT2D eigenvalue weighted by Crippen LogP contribution is -2.39. The van der Waals surface area contributed by atoms with Gasteiger partial charge in [-0.05, 0) is 37.6 Å². The lowest BCUT2D eigenvalue weighted by molar-refractivity contribution is -0.120. The number of likely N-dealkylation sites (tertiary alicyclic amines) is 1. The van der Waals surface area contributed by atoms with Gasteiger partial charge in [-0.1, -0.05) is 30.3 Å². The minimum absolute atomic E-state index is 0.199. The van der Waals surface area contributed by atoms with Crippen molar-refractivity contribution in [3.8, 4) is 0 Å². The van der Waals surface area contributed by atoms with E-state index in [0.717, 1.165) is 13.0 Å². The fourth-order valence-electron chi connectivity index (χ4n) is 3.25. The van der Waals surface area contributed by atoms with E-state index >= 15 is 0 Å². The Bertz CT molecular complexity index is 809.